The van der Waals surface area contributed by atoms with Crippen molar-refractivity contribution in [3.63, 3.8) is 0 Å². The lowest BCUT2D eigenvalue weighted by atomic mass is 10.1. The number of nitrogens with zero attached hydrogens (tertiary/aromatic N) is 1. The molecule has 0 amide bonds. The molecule has 1 atom stereocenters. The summed E-state index contributed by atoms with van der Waals surface area (Å²) in [5.74, 6) is 0.128. The quantitative estimate of drug-likeness (QED) is 0.559. The van der Waals surface area contributed by atoms with Crippen molar-refractivity contribution in [1.82, 2.24) is 4.31 Å². The summed E-state index contributed by atoms with van der Waals surface area (Å²) in [4.78, 5) is 0.00509. The van der Waals surface area contributed by atoms with Crippen LogP contribution in [0, 0.1) is 5.82 Å². The molecule has 25 heavy (non-hydrogen) atoms. The van der Waals surface area contributed by atoms with Gasteiger partial charge < -0.3 is 4.74 Å². The van der Waals surface area contributed by atoms with Gasteiger partial charge in [0.05, 0.1) is 7.11 Å². The van der Waals surface area contributed by atoms with Crippen molar-refractivity contribution < 1.29 is 17.5 Å². The van der Waals surface area contributed by atoms with Gasteiger partial charge in [0.25, 0.3) is 0 Å². The summed E-state index contributed by atoms with van der Waals surface area (Å²) in [6.45, 7) is 3.83. The van der Waals surface area contributed by atoms with Gasteiger partial charge in [0.1, 0.15) is 16.5 Å². The highest BCUT2D eigenvalue weighted by molar-refractivity contribution is 9.11. The molecule has 0 bridgehead atoms. The molecule has 0 aromatic heterocycles. The molecule has 2 aromatic carbocycles. The maximum absolute atomic E-state index is 13.5. The van der Waals surface area contributed by atoms with Crippen LogP contribution in [0.15, 0.2) is 50.2 Å². The molecule has 0 aliphatic rings. The van der Waals surface area contributed by atoms with E-state index in [4.69, 9.17) is 4.74 Å². The number of hydrogen-bond acceptors (Lipinski definition) is 3. The van der Waals surface area contributed by atoms with Crippen LogP contribution >= 0.6 is 31.9 Å². The van der Waals surface area contributed by atoms with Crippen LogP contribution in [0.1, 0.15) is 25.5 Å². The number of hydrogen-bond donors (Lipinski definition) is 0. The Balaban J connectivity index is 2.52. The van der Waals surface area contributed by atoms with Gasteiger partial charge >= 0.3 is 0 Å². The van der Waals surface area contributed by atoms with Crippen molar-refractivity contribution in [2.45, 2.75) is 24.8 Å². The highest BCUT2D eigenvalue weighted by Gasteiger charge is 2.32. The molecule has 0 fully saturated rings. The Morgan fingerprint density at radius 2 is 1.80 bits per heavy atom. The zero-order chi connectivity index (χ0) is 18.8. The van der Waals surface area contributed by atoms with Crippen molar-refractivity contribution in [1.29, 1.82) is 0 Å². The normalized spacial score (nSPS) is 13.1. The Kier molecular flexibility index (Phi) is 6.64. The van der Waals surface area contributed by atoms with Crippen LogP contribution in [-0.2, 0) is 10.0 Å². The second kappa shape index (κ2) is 8.16. The Hall–Kier alpha value is -0.960. The van der Waals surface area contributed by atoms with Gasteiger partial charge in [-0.15, -0.1) is 0 Å². The molecule has 0 heterocycles. The molecule has 136 valence electrons. The SMILES string of the molecule is CCN(C(C)c1cccc(OC)c1)S(=O)(=O)c1c(Br)cc(F)cc1Br. The molecule has 8 heteroatoms. The molecule has 4 nitrogen and oxygen atoms in total. The fourth-order valence-electron chi connectivity index (χ4n) is 2.61. The number of benzene rings is 2. The van der Waals surface area contributed by atoms with Crippen LogP contribution < -0.4 is 4.74 Å². The van der Waals surface area contributed by atoms with Gasteiger partial charge in [0, 0.05) is 21.5 Å². The highest BCUT2D eigenvalue weighted by Crippen LogP contribution is 2.36. The molecule has 1 unspecified atom stereocenters. The molecule has 0 saturated carbocycles. The maximum atomic E-state index is 13.5. The van der Waals surface area contributed by atoms with E-state index in [0.717, 1.165) is 17.7 Å². The molecule has 0 aliphatic carbocycles. The summed E-state index contributed by atoms with van der Waals surface area (Å²) in [5.41, 5.74) is 0.805. The van der Waals surface area contributed by atoms with E-state index in [1.165, 1.54) is 4.31 Å². The van der Waals surface area contributed by atoms with E-state index in [1.807, 2.05) is 12.1 Å². The first-order chi connectivity index (χ1) is 11.7. The molecule has 2 rings (SSSR count). The third-order valence-electron chi connectivity index (χ3n) is 3.85. The van der Waals surface area contributed by atoms with Crippen molar-refractivity contribution in [3.8, 4) is 5.75 Å². The number of halogens is 3. The van der Waals surface area contributed by atoms with Crippen LogP contribution in [0.25, 0.3) is 0 Å². The number of methoxy groups -OCH3 is 1. The number of rotatable bonds is 6. The lowest BCUT2D eigenvalue weighted by Crippen LogP contribution is -2.34. The molecule has 0 N–H and O–H groups in total. The minimum Gasteiger partial charge on any atom is -0.497 e. The van der Waals surface area contributed by atoms with E-state index in [9.17, 15) is 12.8 Å². The van der Waals surface area contributed by atoms with Gasteiger partial charge in [-0.3, -0.25) is 0 Å². The lowest BCUT2D eigenvalue weighted by molar-refractivity contribution is 0.354. The summed E-state index contributed by atoms with van der Waals surface area (Å²) >= 11 is 6.33. The fraction of sp³-hybridized carbons (Fsp3) is 0.294. The summed E-state index contributed by atoms with van der Waals surface area (Å²) in [6, 6.07) is 9.12. The highest BCUT2D eigenvalue weighted by atomic mass is 79.9. The lowest BCUT2D eigenvalue weighted by Gasteiger charge is -2.28. The molecule has 0 aliphatic heterocycles. The summed E-state index contributed by atoms with van der Waals surface area (Å²) < 4.78 is 46.8. The van der Waals surface area contributed by atoms with Crippen molar-refractivity contribution >= 4 is 41.9 Å². The van der Waals surface area contributed by atoms with Crippen LogP contribution in [0.5, 0.6) is 5.75 Å². The average molecular weight is 495 g/mol. The summed E-state index contributed by atoms with van der Waals surface area (Å²) in [6.07, 6.45) is 0. The predicted octanol–water partition coefficient (Wildman–Crippen LogP) is 5.13. The minimum absolute atomic E-state index is 0.00509. The van der Waals surface area contributed by atoms with Crippen LogP contribution in [-0.4, -0.2) is 26.4 Å². The van der Waals surface area contributed by atoms with Gasteiger partial charge in [0.2, 0.25) is 10.0 Å². The predicted molar refractivity (Wildman–Crippen MR) is 103 cm³/mol. The third-order valence-corrected chi connectivity index (χ3v) is 7.77. The van der Waals surface area contributed by atoms with Gasteiger partial charge in [-0.05, 0) is 68.6 Å². The van der Waals surface area contributed by atoms with Crippen molar-refractivity contribution in [2.24, 2.45) is 0 Å². The van der Waals surface area contributed by atoms with Gasteiger partial charge in [-0.2, -0.15) is 4.31 Å². The Morgan fingerprint density at radius 3 is 2.32 bits per heavy atom. The molecule has 0 saturated heterocycles. The van der Waals surface area contributed by atoms with Crippen LogP contribution in [0.2, 0.25) is 0 Å². The van der Waals surface area contributed by atoms with Crippen LogP contribution in [0.3, 0.4) is 0 Å². The Bertz CT molecular complexity index is 851. The largest absolute Gasteiger partial charge is 0.497 e. The zero-order valence-corrected chi connectivity index (χ0v) is 18.0. The molecule has 0 spiro atoms. The van der Waals surface area contributed by atoms with Gasteiger partial charge in [-0.1, -0.05) is 19.1 Å². The maximum Gasteiger partial charge on any atom is 0.245 e. The van der Waals surface area contributed by atoms with Crippen molar-refractivity contribution in [2.75, 3.05) is 13.7 Å². The summed E-state index contributed by atoms with van der Waals surface area (Å²) in [5, 5.41) is 0. The van der Waals surface area contributed by atoms with E-state index < -0.39 is 21.9 Å². The summed E-state index contributed by atoms with van der Waals surface area (Å²) in [7, 11) is -2.30. The minimum atomic E-state index is -3.86. The first kappa shape index (κ1) is 20.4. The monoisotopic (exact) mass is 493 g/mol. The Morgan fingerprint density at radius 1 is 1.20 bits per heavy atom. The smallest absolute Gasteiger partial charge is 0.245 e. The van der Waals surface area contributed by atoms with Gasteiger partial charge in [-0.25, -0.2) is 12.8 Å². The molecule has 2 aromatic rings. The fourth-order valence-corrected chi connectivity index (χ4v) is 6.69. The van der Waals surface area contributed by atoms with Crippen LogP contribution in [0.4, 0.5) is 4.39 Å². The molecular formula is C17H18Br2FNO3S. The van der Waals surface area contributed by atoms with E-state index >= 15 is 0 Å². The number of ether oxygens (including phenoxy) is 1. The second-order valence-electron chi connectivity index (χ2n) is 5.36. The first-order valence-corrected chi connectivity index (χ1v) is 10.5. The van der Waals surface area contributed by atoms with Crippen molar-refractivity contribution in [3.05, 3.63) is 56.7 Å². The standard InChI is InChI=1S/C17H18Br2FNO3S/c1-4-21(11(2)12-6-5-7-14(8-12)24-3)25(22,23)17-15(18)9-13(20)10-16(17)19/h5-11H,4H2,1-3H3. The number of sulfonamides is 1. The van der Waals surface area contributed by atoms with Gasteiger partial charge in [0.15, 0.2) is 0 Å². The Labute approximate surface area is 164 Å². The molecular weight excluding hydrogens is 477 g/mol. The van der Waals surface area contributed by atoms with E-state index in [2.05, 4.69) is 31.9 Å². The average Bonchev–Trinajstić information content (AvgIpc) is 2.53. The third kappa shape index (κ3) is 4.24. The van der Waals surface area contributed by atoms with E-state index in [-0.39, 0.29) is 20.4 Å². The van der Waals surface area contributed by atoms with E-state index in [0.29, 0.717) is 5.75 Å². The van der Waals surface area contributed by atoms with E-state index in [1.54, 1.807) is 33.1 Å². The topological polar surface area (TPSA) is 46.6 Å². The molecule has 0 radical (unpaired) electrons. The second-order valence-corrected chi connectivity index (χ2v) is 8.90. The zero-order valence-electron chi connectivity index (χ0n) is 14.0. The first-order valence-electron chi connectivity index (χ1n) is 7.52.